The number of benzene rings is 2. The van der Waals surface area contributed by atoms with Crippen LogP contribution in [0.1, 0.15) is 15.9 Å². The molecule has 0 saturated carbocycles. The van der Waals surface area contributed by atoms with Crippen LogP contribution >= 0.6 is 23.2 Å². The number of rotatable bonds is 2. The van der Waals surface area contributed by atoms with Gasteiger partial charge in [-0.25, -0.2) is 0 Å². The predicted molar refractivity (Wildman–Crippen MR) is 81.6 cm³/mol. The highest BCUT2D eigenvalue weighted by Crippen LogP contribution is 2.28. The van der Waals surface area contributed by atoms with Crippen LogP contribution in [0.3, 0.4) is 0 Å². The number of carbonyl (C=O) groups is 1. The molecule has 0 saturated heterocycles. The van der Waals surface area contributed by atoms with E-state index in [1.165, 1.54) is 0 Å². The van der Waals surface area contributed by atoms with Crippen LogP contribution in [-0.2, 0) is 0 Å². The molecule has 20 heavy (non-hydrogen) atoms. The first-order valence-corrected chi connectivity index (χ1v) is 6.76. The molecule has 2 nitrogen and oxygen atoms in total. The van der Waals surface area contributed by atoms with Crippen molar-refractivity contribution in [2.45, 2.75) is 0 Å². The second kappa shape index (κ2) is 5.23. The first-order chi connectivity index (χ1) is 9.68. The maximum atomic E-state index is 12.7. The van der Waals surface area contributed by atoms with Gasteiger partial charge < -0.3 is 0 Å². The third kappa shape index (κ3) is 2.17. The summed E-state index contributed by atoms with van der Waals surface area (Å²) in [5.41, 5.74) is 1.46. The summed E-state index contributed by atoms with van der Waals surface area (Å²) in [6.45, 7) is 0. The fourth-order valence-electron chi connectivity index (χ4n) is 2.14. The van der Waals surface area contributed by atoms with Gasteiger partial charge in [0.2, 0.25) is 0 Å². The summed E-state index contributed by atoms with van der Waals surface area (Å²) in [6.07, 6.45) is 1.66. The lowest BCUT2D eigenvalue weighted by atomic mass is 10.0. The van der Waals surface area contributed by atoms with Crippen molar-refractivity contribution in [3.8, 4) is 0 Å². The number of para-hydroxylation sites is 1. The molecule has 0 atom stereocenters. The average molecular weight is 302 g/mol. The van der Waals surface area contributed by atoms with Crippen LogP contribution in [0.5, 0.6) is 0 Å². The molecule has 0 aliphatic rings. The quantitative estimate of drug-likeness (QED) is 0.638. The zero-order valence-electron chi connectivity index (χ0n) is 10.3. The number of hydrogen-bond donors (Lipinski definition) is 0. The standard InChI is InChI=1S/C16H9Cl2NO/c17-12-7-2-8-13(18)14(12)16(20)11-6-1-4-10-5-3-9-19-15(10)11/h1-9H. The van der Waals surface area contributed by atoms with Gasteiger partial charge in [-0.2, -0.15) is 0 Å². The van der Waals surface area contributed by atoms with Crippen molar-refractivity contribution in [2.75, 3.05) is 0 Å². The van der Waals surface area contributed by atoms with Crippen LogP contribution in [0.2, 0.25) is 10.0 Å². The molecule has 0 amide bonds. The van der Waals surface area contributed by atoms with Crippen molar-refractivity contribution in [2.24, 2.45) is 0 Å². The monoisotopic (exact) mass is 301 g/mol. The smallest absolute Gasteiger partial charge is 0.198 e. The molecule has 4 heteroatoms. The molecule has 3 rings (SSSR count). The molecule has 1 heterocycles. The Morgan fingerprint density at radius 3 is 2.30 bits per heavy atom. The second-order valence-corrected chi connectivity index (χ2v) is 5.12. The van der Waals surface area contributed by atoms with Gasteiger partial charge in [-0.3, -0.25) is 9.78 Å². The van der Waals surface area contributed by atoms with E-state index < -0.39 is 0 Å². The minimum atomic E-state index is -0.218. The summed E-state index contributed by atoms with van der Waals surface area (Å²) < 4.78 is 0. The molecule has 3 aromatic rings. The van der Waals surface area contributed by atoms with Crippen molar-refractivity contribution in [1.29, 1.82) is 0 Å². The third-order valence-electron chi connectivity index (χ3n) is 3.07. The summed E-state index contributed by atoms with van der Waals surface area (Å²) in [5, 5.41) is 1.59. The zero-order valence-corrected chi connectivity index (χ0v) is 11.8. The number of ketones is 1. The van der Waals surface area contributed by atoms with Crippen LogP contribution in [0.25, 0.3) is 10.9 Å². The molecule has 0 aliphatic heterocycles. The number of nitrogens with zero attached hydrogens (tertiary/aromatic N) is 1. The van der Waals surface area contributed by atoms with Crippen LogP contribution < -0.4 is 0 Å². The highest BCUT2D eigenvalue weighted by atomic mass is 35.5. The first kappa shape index (κ1) is 13.1. The highest BCUT2D eigenvalue weighted by Gasteiger charge is 2.18. The van der Waals surface area contributed by atoms with Gasteiger partial charge >= 0.3 is 0 Å². The first-order valence-electron chi connectivity index (χ1n) is 6.01. The average Bonchev–Trinajstić information content (AvgIpc) is 2.46. The largest absolute Gasteiger partial charge is 0.288 e. The van der Waals surface area contributed by atoms with Crippen molar-refractivity contribution in [3.05, 3.63) is 75.9 Å². The number of fused-ring (bicyclic) bond motifs is 1. The molecule has 0 unspecified atom stereocenters. The molecular weight excluding hydrogens is 293 g/mol. The van der Waals surface area contributed by atoms with E-state index in [-0.39, 0.29) is 5.78 Å². The van der Waals surface area contributed by atoms with Crippen LogP contribution in [0.4, 0.5) is 0 Å². The molecule has 98 valence electrons. The Hall–Kier alpha value is -1.90. The maximum absolute atomic E-state index is 12.7. The summed E-state index contributed by atoms with van der Waals surface area (Å²) >= 11 is 12.2. The van der Waals surface area contributed by atoms with Gasteiger partial charge in [0.25, 0.3) is 0 Å². The normalized spacial score (nSPS) is 10.7. The summed E-state index contributed by atoms with van der Waals surface area (Å²) in [5.74, 6) is -0.218. The van der Waals surface area contributed by atoms with E-state index in [4.69, 9.17) is 23.2 Å². The van der Waals surface area contributed by atoms with E-state index in [2.05, 4.69) is 4.98 Å². The Labute approximate surface area is 126 Å². The number of hydrogen-bond acceptors (Lipinski definition) is 2. The van der Waals surface area contributed by atoms with E-state index in [0.29, 0.717) is 26.7 Å². The SMILES string of the molecule is O=C(c1c(Cl)cccc1Cl)c1cccc2cccnc12. The third-order valence-corrected chi connectivity index (χ3v) is 3.70. The lowest BCUT2D eigenvalue weighted by molar-refractivity contribution is 0.104. The molecular formula is C16H9Cl2NO. The van der Waals surface area contributed by atoms with Crippen molar-refractivity contribution >= 4 is 39.9 Å². The van der Waals surface area contributed by atoms with Gasteiger partial charge in [0.15, 0.2) is 5.78 Å². The summed E-state index contributed by atoms with van der Waals surface area (Å²) in [6, 6.07) is 14.2. The van der Waals surface area contributed by atoms with E-state index >= 15 is 0 Å². The maximum Gasteiger partial charge on any atom is 0.198 e. The van der Waals surface area contributed by atoms with Crippen molar-refractivity contribution in [3.63, 3.8) is 0 Å². The van der Waals surface area contributed by atoms with Crippen LogP contribution in [-0.4, -0.2) is 10.8 Å². The number of carbonyl (C=O) groups excluding carboxylic acids is 1. The molecule has 0 N–H and O–H groups in total. The Morgan fingerprint density at radius 2 is 1.55 bits per heavy atom. The van der Waals surface area contributed by atoms with Gasteiger partial charge in [-0.1, -0.05) is 47.5 Å². The van der Waals surface area contributed by atoms with E-state index in [9.17, 15) is 4.79 Å². The van der Waals surface area contributed by atoms with Gasteiger partial charge in [0, 0.05) is 17.1 Å². The molecule has 0 spiro atoms. The number of aromatic nitrogens is 1. The zero-order chi connectivity index (χ0) is 14.1. The van der Waals surface area contributed by atoms with E-state index in [1.54, 1.807) is 30.5 Å². The summed E-state index contributed by atoms with van der Waals surface area (Å²) in [7, 11) is 0. The minimum absolute atomic E-state index is 0.218. The highest BCUT2D eigenvalue weighted by molar-refractivity contribution is 6.41. The Bertz CT molecular complexity index is 789. The topological polar surface area (TPSA) is 30.0 Å². The van der Waals surface area contributed by atoms with Gasteiger partial charge in [0.05, 0.1) is 21.1 Å². The molecule has 0 aliphatic carbocycles. The molecule has 2 aromatic carbocycles. The minimum Gasteiger partial charge on any atom is -0.288 e. The van der Waals surface area contributed by atoms with E-state index in [1.807, 2.05) is 24.3 Å². The molecule has 1 aromatic heterocycles. The lowest BCUT2D eigenvalue weighted by Crippen LogP contribution is -2.04. The fraction of sp³-hybridized carbons (Fsp3) is 0. The molecule has 0 bridgehead atoms. The van der Waals surface area contributed by atoms with E-state index in [0.717, 1.165) is 5.39 Å². The second-order valence-electron chi connectivity index (χ2n) is 4.31. The molecule has 0 radical (unpaired) electrons. The number of halogens is 2. The Balaban J connectivity index is 2.24. The Kier molecular flexibility index (Phi) is 3.43. The van der Waals surface area contributed by atoms with Crippen LogP contribution in [0, 0.1) is 0 Å². The van der Waals surface area contributed by atoms with Crippen LogP contribution in [0.15, 0.2) is 54.7 Å². The van der Waals surface area contributed by atoms with Crippen molar-refractivity contribution in [1.82, 2.24) is 4.98 Å². The van der Waals surface area contributed by atoms with Gasteiger partial charge in [-0.15, -0.1) is 0 Å². The summed E-state index contributed by atoms with van der Waals surface area (Å²) in [4.78, 5) is 17.0. The lowest BCUT2D eigenvalue weighted by Gasteiger charge is -2.08. The fourth-order valence-corrected chi connectivity index (χ4v) is 2.71. The van der Waals surface area contributed by atoms with Gasteiger partial charge in [0.1, 0.15) is 0 Å². The number of pyridine rings is 1. The molecule has 0 fully saturated rings. The Morgan fingerprint density at radius 1 is 0.900 bits per heavy atom. The van der Waals surface area contributed by atoms with Crippen molar-refractivity contribution < 1.29 is 4.79 Å². The van der Waals surface area contributed by atoms with Gasteiger partial charge in [-0.05, 0) is 24.3 Å². The predicted octanol–water partition coefficient (Wildman–Crippen LogP) is 4.77.